The first kappa shape index (κ1) is 17.4. The van der Waals surface area contributed by atoms with Gasteiger partial charge in [0.25, 0.3) is 0 Å². The van der Waals surface area contributed by atoms with Crippen molar-refractivity contribution in [3.05, 3.63) is 35.9 Å². The fourth-order valence-corrected chi connectivity index (χ4v) is 0.979. The Hall–Kier alpha value is -2.57. The third-order valence-electron chi connectivity index (χ3n) is 1.85. The lowest BCUT2D eigenvalue weighted by Gasteiger charge is -1.99. The van der Waals surface area contributed by atoms with Crippen molar-refractivity contribution >= 4 is 18.0 Å². The van der Waals surface area contributed by atoms with E-state index in [4.69, 9.17) is 9.84 Å². The van der Waals surface area contributed by atoms with Crippen LogP contribution < -0.4 is 5.32 Å². The minimum atomic E-state index is -1.10. The Balaban J connectivity index is 0.000000370. The minimum absolute atomic E-state index is 0.242. The van der Waals surface area contributed by atoms with Gasteiger partial charge in [-0.3, -0.25) is 9.59 Å². The van der Waals surface area contributed by atoms with Gasteiger partial charge < -0.3 is 19.9 Å². The van der Waals surface area contributed by atoms with Gasteiger partial charge in [-0.25, -0.2) is 4.79 Å². The second-order valence-electron chi connectivity index (χ2n) is 3.50. The number of benzene rings is 1. The number of esters is 1. The molecule has 0 radical (unpaired) electrons. The fourth-order valence-electron chi connectivity index (χ4n) is 0.979. The molecule has 0 aliphatic carbocycles. The van der Waals surface area contributed by atoms with E-state index in [0.29, 0.717) is 6.61 Å². The number of nitrogens with one attached hydrogen (secondary N) is 1. The van der Waals surface area contributed by atoms with Gasteiger partial charge in [0.05, 0.1) is 7.11 Å². The van der Waals surface area contributed by atoms with Crippen LogP contribution in [-0.4, -0.2) is 36.8 Å². The number of alkyl carbamates (subject to hydrolysis) is 1. The molecular weight excluding hydrogens is 266 g/mol. The molecule has 0 bridgehead atoms. The summed E-state index contributed by atoms with van der Waals surface area (Å²) in [6, 6.07) is 9.60. The largest absolute Gasteiger partial charge is 0.480 e. The maximum absolute atomic E-state index is 10.4. The van der Waals surface area contributed by atoms with Crippen LogP contribution in [0.25, 0.3) is 0 Å². The molecule has 0 aliphatic heterocycles. The number of hydrogen-bond acceptors (Lipinski definition) is 5. The van der Waals surface area contributed by atoms with Crippen LogP contribution >= 0.6 is 0 Å². The van der Waals surface area contributed by atoms with Crippen molar-refractivity contribution in [3.63, 3.8) is 0 Å². The molecule has 110 valence electrons. The van der Waals surface area contributed by atoms with Gasteiger partial charge in [-0.1, -0.05) is 30.3 Å². The van der Waals surface area contributed by atoms with E-state index in [1.807, 2.05) is 35.6 Å². The monoisotopic (exact) mass is 283 g/mol. The van der Waals surface area contributed by atoms with Gasteiger partial charge in [0.1, 0.15) is 13.2 Å². The molecule has 7 heteroatoms. The van der Waals surface area contributed by atoms with Gasteiger partial charge in [0.15, 0.2) is 0 Å². The van der Waals surface area contributed by atoms with Crippen molar-refractivity contribution in [2.45, 2.75) is 13.5 Å². The quantitative estimate of drug-likeness (QED) is 0.804. The molecule has 20 heavy (non-hydrogen) atoms. The lowest BCUT2D eigenvalue weighted by molar-refractivity contribution is -0.142. The predicted molar refractivity (Wildman–Crippen MR) is 70.0 cm³/mol. The lowest BCUT2D eigenvalue weighted by atomic mass is 10.2. The van der Waals surface area contributed by atoms with E-state index in [1.165, 1.54) is 6.92 Å². The van der Waals surface area contributed by atoms with E-state index < -0.39 is 18.6 Å². The Kier molecular flexibility index (Phi) is 9.03. The van der Waals surface area contributed by atoms with Crippen LogP contribution in [0.1, 0.15) is 12.5 Å². The number of carboxylic acid groups (broad SMARTS) is 1. The molecule has 0 fully saturated rings. The van der Waals surface area contributed by atoms with Crippen LogP contribution in [0.5, 0.6) is 0 Å². The highest BCUT2D eigenvalue weighted by atomic mass is 16.5. The predicted octanol–water partition coefficient (Wildman–Crippen LogP) is 1.18. The Morgan fingerprint density at radius 2 is 1.80 bits per heavy atom. The number of hydrogen-bond donors (Lipinski definition) is 2. The van der Waals surface area contributed by atoms with Crippen LogP contribution in [0.4, 0.5) is 4.79 Å². The van der Waals surface area contributed by atoms with Crippen molar-refractivity contribution in [1.82, 2.24) is 5.32 Å². The molecule has 2 N–H and O–H groups in total. The second kappa shape index (κ2) is 10.4. The second-order valence-corrected chi connectivity index (χ2v) is 3.50. The summed E-state index contributed by atoms with van der Waals surface area (Å²) in [6.45, 7) is 1.37. The van der Waals surface area contributed by atoms with Gasteiger partial charge in [0.2, 0.25) is 0 Å². The summed E-state index contributed by atoms with van der Waals surface area (Å²) in [5.74, 6) is -1.34. The van der Waals surface area contributed by atoms with Crippen LogP contribution in [0.2, 0.25) is 0 Å². The van der Waals surface area contributed by atoms with Crippen molar-refractivity contribution < 1.29 is 29.0 Å². The van der Waals surface area contributed by atoms with Gasteiger partial charge in [-0.2, -0.15) is 0 Å². The molecule has 0 atom stereocenters. The first-order chi connectivity index (χ1) is 9.45. The molecule has 0 spiro atoms. The summed E-state index contributed by atoms with van der Waals surface area (Å²) in [5, 5.41) is 9.96. The van der Waals surface area contributed by atoms with Crippen molar-refractivity contribution in [2.24, 2.45) is 0 Å². The van der Waals surface area contributed by atoms with E-state index in [1.54, 1.807) is 0 Å². The maximum atomic E-state index is 10.4. The maximum Gasteiger partial charge on any atom is 0.407 e. The van der Waals surface area contributed by atoms with Crippen molar-refractivity contribution in [3.8, 4) is 0 Å². The highest BCUT2D eigenvalue weighted by molar-refractivity contribution is 5.76. The van der Waals surface area contributed by atoms with Crippen LogP contribution in [0.3, 0.4) is 0 Å². The number of carbonyl (C=O) groups excluding carboxylic acids is 2. The van der Waals surface area contributed by atoms with Gasteiger partial charge in [-0.05, 0) is 5.56 Å². The average molecular weight is 283 g/mol. The Labute approximate surface area is 116 Å². The molecular formula is C13H17NO6. The highest BCUT2D eigenvalue weighted by Crippen LogP contribution is 1.99. The van der Waals surface area contributed by atoms with Crippen LogP contribution in [-0.2, 0) is 25.7 Å². The van der Waals surface area contributed by atoms with E-state index in [2.05, 4.69) is 4.74 Å². The van der Waals surface area contributed by atoms with E-state index >= 15 is 0 Å². The molecule has 0 saturated carbocycles. The van der Waals surface area contributed by atoms with E-state index in [0.717, 1.165) is 12.7 Å². The summed E-state index contributed by atoms with van der Waals surface area (Å²) in [4.78, 5) is 30.3. The summed E-state index contributed by atoms with van der Waals surface area (Å²) in [6.07, 6.45) is -0.739. The van der Waals surface area contributed by atoms with Gasteiger partial charge >= 0.3 is 18.0 Å². The minimum Gasteiger partial charge on any atom is -0.480 e. The summed E-state index contributed by atoms with van der Waals surface area (Å²) in [5.41, 5.74) is 1.02. The van der Waals surface area contributed by atoms with Gasteiger partial charge in [-0.15, -0.1) is 0 Å². The van der Waals surface area contributed by atoms with Crippen LogP contribution in [0, 0.1) is 0 Å². The first-order valence-electron chi connectivity index (χ1n) is 5.66. The highest BCUT2D eigenvalue weighted by Gasteiger charge is 1.99. The Morgan fingerprint density at radius 1 is 1.20 bits per heavy atom. The SMILES string of the molecule is CC(=O)OCc1ccccc1.COC(=O)NCC(=O)O. The number of amides is 1. The molecule has 0 aliphatic rings. The topological polar surface area (TPSA) is 102 Å². The molecule has 1 amide bonds. The molecule has 1 rings (SSSR count). The van der Waals surface area contributed by atoms with E-state index in [-0.39, 0.29) is 5.97 Å². The summed E-state index contributed by atoms with van der Waals surface area (Å²) < 4.78 is 8.88. The number of ether oxygens (including phenoxy) is 2. The lowest BCUT2D eigenvalue weighted by Crippen LogP contribution is -2.28. The molecule has 0 heterocycles. The zero-order valence-electron chi connectivity index (χ0n) is 11.3. The zero-order chi connectivity index (χ0) is 15.4. The summed E-state index contributed by atoms with van der Waals surface area (Å²) >= 11 is 0. The molecule has 1 aromatic carbocycles. The standard InChI is InChI=1S/C9H10O2.C4H7NO4/c1-8(10)11-7-9-5-3-2-4-6-9;1-9-4(8)5-2-3(6)7/h2-6H,7H2,1H3;2H2,1H3,(H,5,8)(H,6,7). The third kappa shape index (κ3) is 10.6. The zero-order valence-corrected chi connectivity index (χ0v) is 11.3. The summed E-state index contributed by atoms with van der Waals surface area (Å²) in [7, 11) is 1.16. The van der Waals surface area contributed by atoms with Gasteiger partial charge in [0, 0.05) is 6.92 Å². The Bertz CT molecular complexity index is 432. The molecule has 1 aromatic rings. The molecule has 0 saturated heterocycles. The number of methoxy groups -OCH3 is 1. The normalized spacial score (nSPS) is 8.70. The third-order valence-corrected chi connectivity index (χ3v) is 1.85. The number of aliphatic carboxylic acids is 1. The number of rotatable bonds is 4. The van der Waals surface area contributed by atoms with Crippen LogP contribution in [0.15, 0.2) is 30.3 Å². The molecule has 0 aromatic heterocycles. The average Bonchev–Trinajstić information content (AvgIpc) is 2.44. The number of carbonyl (C=O) groups is 3. The smallest absolute Gasteiger partial charge is 0.407 e. The number of carboxylic acids is 1. The molecule has 7 nitrogen and oxygen atoms in total. The molecule has 0 unspecified atom stereocenters. The van der Waals surface area contributed by atoms with E-state index in [9.17, 15) is 14.4 Å². The van der Waals surface area contributed by atoms with Crippen molar-refractivity contribution in [1.29, 1.82) is 0 Å². The first-order valence-corrected chi connectivity index (χ1v) is 5.66. The fraction of sp³-hybridized carbons (Fsp3) is 0.308. The van der Waals surface area contributed by atoms with Crippen molar-refractivity contribution in [2.75, 3.05) is 13.7 Å². The Morgan fingerprint density at radius 3 is 2.25 bits per heavy atom.